The average molecular weight is 219 g/mol. The summed E-state index contributed by atoms with van der Waals surface area (Å²) in [4.78, 5) is 6.95. The zero-order chi connectivity index (χ0) is 10.7. The van der Waals surface area contributed by atoms with Gasteiger partial charge in [0.1, 0.15) is 8.24 Å². The Bertz CT molecular complexity index is 152. The molecular weight excluding hydrogens is 194 g/mol. The van der Waals surface area contributed by atoms with Crippen LogP contribution in [-0.4, -0.2) is 41.7 Å². The third kappa shape index (κ3) is 3.17. The van der Waals surface area contributed by atoms with Crippen molar-refractivity contribution >= 4 is 16.8 Å². The Balaban J connectivity index is 4.74. The fourth-order valence-electron chi connectivity index (χ4n) is 1.86. The quantitative estimate of drug-likeness (QED) is 0.680. The van der Waals surface area contributed by atoms with E-state index in [4.69, 9.17) is 0 Å². The standard InChI is InChI=1S/C8H25N3Si2/c1-8-11(12(4,5)6)13(7,9-2)10-3/h9-10H,8H2,1-7H3. The number of nitrogens with one attached hydrogen (secondary N) is 2. The van der Waals surface area contributed by atoms with Gasteiger partial charge in [-0.2, -0.15) is 0 Å². The molecule has 0 saturated carbocycles. The number of hydrogen-bond acceptors (Lipinski definition) is 3. The Morgan fingerprint density at radius 2 is 1.38 bits per heavy atom. The highest BCUT2D eigenvalue weighted by molar-refractivity contribution is 6.88. The Hall–Kier alpha value is 0.314. The van der Waals surface area contributed by atoms with Gasteiger partial charge in [0.25, 0.3) is 8.56 Å². The van der Waals surface area contributed by atoms with Gasteiger partial charge in [0.05, 0.1) is 0 Å². The molecular formula is C8H25N3Si2. The Morgan fingerprint density at radius 3 is 1.46 bits per heavy atom. The Labute approximate surface area is 85.2 Å². The van der Waals surface area contributed by atoms with Gasteiger partial charge >= 0.3 is 0 Å². The maximum atomic E-state index is 3.47. The molecule has 0 atom stereocenters. The van der Waals surface area contributed by atoms with Crippen LogP contribution in [0.2, 0.25) is 26.2 Å². The number of rotatable bonds is 5. The first kappa shape index (κ1) is 13.3. The maximum Gasteiger partial charge on any atom is 0.273 e. The van der Waals surface area contributed by atoms with Crippen molar-refractivity contribution in [2.75, 3.05) is 20.6 Å². The lowest BCUT2D eigenvalue weighted by atomic mass is 10.8. The van der Waals surface area contributed by atoms with Gasteiger partial charge in [0.15, 0.2) is 0 Å². The molecule has 13 heavy (non-hydrogen) atoms. The SMILES string of the molecule is CCN([Si](C)(C)C)[Si](C)(NC)NC. The van der Waals surface area contributed by atoms with Gasteiger partial charge in [0, 0.05) is 0 Å². The first-order chi connectivity index (χ1) is 5.81. The summed E-state index contributed by atoms with van der Waals surface area (Å²) in [5.74, 6) is 0. The van der Waals surface area contributed by atoms with Crippen molar-refractivity contribution in [3.8, 4) is 0 Å². The zero-order valence-electron chi connectivity index (χ0n) is 10.2. The summed E-state index contributed by atoms with van der Waals surface area (Å²) in [5, 5.41) is 0. The molecule has 0 aliphatic carbocycles. The van der Waals surface area contributed by atoms with Gasteiger partial charge in [-0.05, 0) is 27.2 Å². The van der Waals surface area contributed by atoms with Crippen molar-refractivity contribution < 1.29 is 0 Å². The van der Waals surface area contributed by atoms with Crippen LogP contribution in [0.5, 0.6) is 0 Å². The maximum absolute atomic E-state index is 3.47. The van der Waals surface area contributed by atoms with Crippen molar-refractivity contribution in [1.82, 2.24) is 14.2 Å². The molecule has 0 saturated heterocycles. The van der Waals surface area contributed by atoms with Gasteiger partial charge in [-0.3, -0.25) is 0 Å². The Kier molecular flexibility index (Phi) is 4.81. The predicted octanol–water partition coefficient (Wildman–Crippen LogP) is 1.15. The molecule has 0 spiro atoms. The van der Waals surface area contributed by atoms with E-state index in [1.165, 1.54) is 0 Å². The minimum Gasteiger partial charge on any atom is -0.322 e. The monoisotopic (exact) mass is 219 g/mol. The summed E-state index contributed by atoms with van der Waals surface area (Å²) in [5.41, 5.74) is 0. The van der Waals surface area contributed by atoms with E-state index in [1.807, 2.05) is 0 Å². The van der Waals surface area contributed by atoms with Gasteiger partial charge in [-0.15, -0.1) is 0 Å². The molecule has 0 unspecified atom stereocenters. The number of nitrogens with zero attached hydrogens (tertiary/aromatic N) is 1. The molecule has 0 fully saturated rings. The fraction of sp³-hybridized carbons (Fsp3) is 1.00. The predicted molar refractivity (Wildman–Crippen MR) is 65.5 cm³/mol. The van der Waals surface area contributed by atoms with Crippen LogP contribution in [0.1, 0.15) is 6.92 Å². The van der Waals surface area contributed by atoms with E-state index in [2.05, 4.69) is 61.4 Å². The third-order valence-electron chi connectivity index (χ3n) is 2.64. The summed E-state index contributed by atoms with van der Waals surface area (Å²) in [6.07, 6.45) is 0. The molecule has 3 nitrogen and oxygen atoms in total. The molecule has 0 heterocycles. The molecule has 0 aliphatic rings. The molecule has 0 amide bonds. The van der Waals surface area contributed by atoms with Gasteiger partial charge in [0.2, 0.25) is 0 Å². The highest BCUT2D eigenvalue weighted by atomic mass is 28.4. The van der Waals surface area contributed by atoms with Crippen molar-refractivity contribution in [3.63, 3.8) is 0 Å². The molecule has 0 rings (SSSR count). The molecule has 0 bridgehead atoms. The summed E-state index contributed by atoms with van der Waals surface area (Å²) >= 11 is 0. The Morgan fingerprint density at radius 1 is 1.00 bits per heavy atom. The van der Waals surface area contributed by atoms with E-state index in [-0.39, 0.29) is 0 Å². The van der Waals surface area contributed by atoms with E-state index in [0.717, 1.165) is 6.54 Å². The van der Waals surface area contributed by atoms with Gasteiger partial charge < -0.3 is 14.2 Å². The van der Waals surface area contributed by atoms with Crippen LogP contribution >= 0.6 is 0 Å². The van der Waals surface area contributed by atoms with Crippen molar-refractivity contribution in [2.24, 2.45) is 0 Å². The van der Waals surface area contributed by atoms with Crippen LogP contribution < -0.4 is 9.96 Å². The molecule has 80 valence electrons. The molecule has 0 aromatic carbocycles. The van der Waals surface area contributed by atoms with Crippen molar-refractivity contribution in [1.29, 1.82) is 0 Å². The second-order valence-corrected chi connectivity index (χ2v) is 13.5. The molecule has 2 N–H and O–H groups in total. The largest absolute Gasteiger partial charge is 0.322 e. The number of hydrogen-bond donors (Lipinski definition) is 2. The minimum atomic E-state index is -1.57. The molecule has 5 heteroatoms. The summed E-state index contributed by atoms with van der Waals surface area (Å²) in [7, 11) is 1.36. The van der Waals surface area contributed by atoms with Crippen LogP contribution in [0.25, 0.3) is 0 Å². The van der Waals surface area contributed by atoms with E-state index < -0.39 is 16.8 Å². The van der Waals surface area contributed by atoms with Crippen LogP contribution in [0.3, 0.4) is 0 Å². The van der Waals surface area contributed by atoms with Crippen molar-refractivity contribution in [2.45, 2.75) is 33.1 Å². The molecule has 0 aromatic heterocycles. The lowest BCUT2D eigenvalue weighted by Gasteiger charge is -2.45. The van der Waals surface area contributed by atoms with E-state index in [9.17, 15) is 0 Å². The molecule has 0 aromatic rings. The highest BCUT2D eigenvalue weighted by Gasteiger charge is 2.39. The first-order valence-corrected chi connectivity index (χ1v) is 10.9. The third-order valence-corrected chi connectivity index (χ3v) is 11.3. The smallest absolute Gasteiger partial charge is 0.273 e. The summed E-state index contributed by atoms with van der Waals surface area (Å²) in [6.45, 7) is 12.9. The zero-order valence-corrected chi connectivity index (χ0v) is 12.2. The van der Waals surface area contributed by atoms with Gasteiger partial charge in [-0.25, -0.2) is 0 Å². The van der Waals surface area contributed by atoms with Crippen LogP contribution in [-0.2, 0) is 0 Å². The minimum absolute atomic E-state index is 1.14. The lowest BCUT2D eigenvalue weighted by molar-refractivity contribution is 0.605. The summed E-state index contributed by atoms with van der Waals surface area (Å²) in [6, 6.07) is 0. The second-order valence-electron chi connectivity index (χ2n) is 4.49. The fourth-order valence-corrected chi connectivity index (χ4v) is 10.3. The van der Waals surface area contributed by atoms with Gasteiger partial charge in [-0.1, -0.05) is 26.6 Å². The van der Waals surface area contributed by atoms with Crippen molar-refractivity contribution in [3.05, 3.63) is 0 Å². The van der Waals surface area contributed by atoms with Crippen LogP contribution in [0.4, 0.5) is 0 Å². The van der Waals surface area contributed by atoms with Crippen LogP contribution in [0, 0.1) is 0 Å². The topological polar surface area (TPSA) is 27.3 Å². The normalized spacial score (nSPS) is 13.8. The second kappa shape index (κ2) is 4.70. The van der Waals surface area contributed by atoms with E-state index in [1.54, 1.807) is 0 Å². The molecule has 0 radical (unpaired) electrons. The van der Waals surface area contributed by atoms with E-state index >= 15 is 0 Å². The lowest BCUT2D eigenvalue weighted by Crippen LogP contribution is -2.74. The average Bonchev–Trinajstić information content (AvgIpc) is 2.02. The highest BCUT2D eigenvalue weighted by Crippen LogP contribution is 2.14. The first-order valence-electron chi connectivity index (χ1n) is 4.97. The van der Waals surface area contributed by atoms with Crippen LogP contribution in [0.15, 0.2) is 0 Å². The summed E-state index contributed by atoms with van der Waals surface area (Å²) < 4.78 is 2.67. The van der Waals surface area contributed by atoms with E-state index in [0.29, 0.717) is 0 Å². The molecule has 0 aliphatic heterocycles.